The molecule has 0 saturated heterocycles. The Morgan fingerprint density at radius 1 is 1.53 bits per heavy atom. The monoisotopic (exact) mass is 313 g/mol. The topological polar surface area (TPSA) is 29.5 Å². The normalized spacial score (nSPS) is 19.1. The van der Waals surface area contributed by atoms with Crippen LogP contribution in [0, 0.1) is 0 Å². The molecule has 0 N–H and O–H groups in total. The molecule has 1 unspecified atom stereocenters. The number of rotatable bonds is 2. The molecule has 0 saturated carbocycles. The number of carbonyl (C=O) groups is 1. The van der Waals surface area contributed by atoms with Crippen molar-refractivity contribution in [3.05, 3.63) is 46.5 Å². The van der Waals surface area contributed by atoms with E-state index in [1.54, 1.807) is 17.8 Å². The highest BCUT2D eigenvalue weighted by molar-refractivity contribution is 9.07. The Morgan fingerprint density at radius 2 is 2.29 bits per heavy atom. The fourth-order valence-corrected chi connectivity index (χ4v) is 3.55. The van der Waals surface area contributed by atoms with E-state index in [-0.39, 0.29) is 11.3 Å². The number of esters is 1. The van der Waals surface area contributed by atoms with Crippen molar-refractivity contribution in [1.82, 2.24) is 3.93 Å². The number of halogens is 1. The summed E-state index contributed by atoms with van der Waals surface area (Å²) in [4.78, 5) is 12.7. The lowest BCUT2D eigenvalue weighted by atomic mass is 10.1. The summed E-state index contributed by atoms with van der Waals surface area (Å²) in [6.45, 7) is 2.06. The van der Waals surface area contributed by atoms with Crippen molar-refractivity contribution in [2.24, 2.45) is 0 Å². The summed E-state index contributed by atoms with van der Waals surface area (Å²) in [5, 5.41) is 0.166. The summed E-state index contributed by atoms with van der Waals surface area (Å²) in [6.07, 6.45) is 2.03. The molecular weight excluding hydrogens is 302 g/mol. The average Bonchev–Trinajstić information content (AvgIpc) is 2.67. The largest absolute Gasteiger partial charge is 0.465 e. The Labute approximate surface area is 113 Å². The lowest BCUT2D eigenvalue weighted by molar-refractivity contribution is 0.0600. The minimum Gasteiger partial charge on any atom is -0.465 e. The van der Waals surface area contributed by atoms with E-state index in [0.29, 0.717) is 5.56 Å². The maximum atomic E-state index is 11.5. The zero-order chi connectivity index (χ0) is 12.4. The number of ether oxygens (including phenoxy) is 1. The van der Waals surface area contributed by atoms with E-state index >= 15 is 0 Å². The van der Waals surface area contributed by atoms with E-state index in [1.807, 2.05) is 28.3 Å². The number of hydrogen-bond acceptors (Lipinski definition) is 4. The Kier molecular flexibility index (Phi) is 3.79. The van der Waals surface area contributed by atoms with Crippen molar-refractivity contribution in [3.8, 4) is 0 Å². The molecule has 1 aliphatic rings. The zero-order valence-electron chi connectivity index (χ0n) is 9.51. The number of carbonyl (C=O) groups excluding carboxylic acids is 1. The number of allylic oxidation sites excluding steroid dienone is 1. The number of hydrogen-bond donors (Lipinski definition) is 0. The van der Waals surface area contributed by atoms with Gasteiger partial charge in [-0.2, -0.15) is 0 Å². The third-order valence-corrected chi connectivity index (χ3v) is 4.50. The third-order valence-electron chi connectivity index (χ3n) is 2.42. The number of methoxy groups -OCH3 is 1. The van der Waals surface area contributed by atoms with Crippen LogP contribution < -0.4 is 0 Å². The second-order valence-corrected chi connectivity index (χ2v) is 5.82. The van der Waals surface area contributed by atoms with Gasteiger partial charge >= 0.3 is 5.97 Å². The Balaban J connectivity index is 2.26. The first-order valence-corrected chi connectivity index (χ1v) is 6.68. The standard InChI is InChI=1S/C12H12BrNO2S/c1-8-7-14(13)11(17-8)9-4-3-5-10(6-9)12(15)16-2/h3-7,11H,1-2H3. The van der Waals surface area contributed by atoms with Crippen LogP contribution in [-0.2, 0) is 4.74 Å². The van der Waals surface area contributed by atoms with Crippen molar-refractivity contribution >= 4 is 33.9 Å². The lowest BCUT2D eigenvalue weighted by Crippen LogP contribution is -2.07. The van der Waals surface area contributed by atoms with Gasteiger partial charge in [-0.25, -0.2) is 4.79 Å². The van der Waals surface area contributed by atoms with Gasteiger partial charge in [0.25, 0.3) is 0 Å². The van der Waals surface area contributed by atoms with Crippen molar-refractivity contribution in [2.75, 3.05) is 7.11 Å². The van der Waals surface area contributed by atoms with Crippen molar-refractivity contribution < 1.29 is 9.53 Å². The van der Waals surface area contributed by atoms with E-state index in [1.165, 1.54) is 12.0 Å². The van der Waals surface area contributed by atoms with E-state index in [2.05, 4.69) is 23.1 Å². The molecule has 2 rings (SSSR count). The van der Waals surface area contributed by atoms with Gasteiger partial charge in [-0.15, -0.1) is 0 Å². The van der Waals surface area contributed by atoms with Crippen LogP contribution in [0.25, 0.3) is 0 Å². The van der Waals surface area contributed by atoms with Crippen LogP contribution in [0.4, 0.5) is 0 Å². The van der Waals surface area contributed by atoms with Gasteiger partial charge in [-0.3, -0.25) is 3.93 Å². The van der Waals surface area contributed by atoms with Gasteiger partial charge in [0.05, 0.1) is 28.8 Å². The highest BCUT2D eigenvalue weighted by Gasteiger charge is 2.24. The second-order valence-electron chi connectivity index (χ2n) is 3.67. The second kappa shape index (κ2) is 5.14. The summed E-state index contributed by atoms with van der Waals surface area (Å²) < 4.78 is 6.68. The smallest absolute Gasteiger partial charge is 0.337 e. The van der Waals surface area contributed by atoms with Gasteiger partial charge < -0.3 is 4.74 Å². The van der Waals surface area contributed by atoms with Crippen molar-refractivity contribution in [1.29, 1.82) is 0 Å². The fourth-order valence-electron chi connectivity index (χ4n) is 1.65. The van der Waals surface area contributed by atoms with Crippen LogP contribution in [0.2, 0.25) is 0 Å². The number of thioether (sulfide) groups is 1. The molecule has 0 aliphatic carbocycles. The lowest BCUT2D eigenvalue weighted by Gasteiger charge is -2.18. The van der Waals surface area contributed by atoms with E-state index in [9.17, 15) is 4.79 Å². The Hall–Kier alpha value is -0.940. The Bertz CT molecular complexity index is 475. The maximum Gasteiger partial charge on any atom is 0.337 e. The van der Waals surface area contributed by atoms with Crippen LogP contribution in [0.3, 0.4) is 0 Å². The maximum absolute atomic E-state index is 11.5. The molecule has 90 valence electrons. The van der Waals surface area contributed by atoms with E-state index < -0.39 is 0 Å². The molecule has 1 heterocycles. The molecule has 5 heteroatoms. The van der Waals surface area contributed by atoms with Crippen LogP contribution in [-0.4, -0.2) is 17.0 Å². The van der Waals surface area contributed by atoms with Gasteiger partial charge in [0.1, 0.15) is 5.37 Å². The zero-order valence-corrected chi connectivity index (χ0v) is 11.9. The minimum atomic E-state index is -0.305. The third kappa shape index (κ3) is 2.66. The minimum absolute atomic E-state index is 0.166. The molecule has 0 aromatic heterocycles. The van der Waals surface area contributed by atoms with Crippen molar-refractivity contribution in [3.63, 3.8) is 0 Å². The fraction of sp³-hybridized carbons (Fsp3) is 0.250. The van der Waals surface area contributed by atoms with Crippen LogP contribution in [0.5, 0.6) is 0 Å². The van der Waals surface area contributed by atoms with Crippen LogP contribution in [0.1, 0.15) is 28.2 Å². The predicted molar refractivity (Wildman–Crippen MR) is 72.6 cm³/mol. The average molecular weight is 314 g/mol. The summed E-state index contributed by atoms with van der Waals surface area (Å²) in [6, 6.07) is 7.50. The molecule has 1 aromatic rings. The van der Waals surface area contributed by atoms with Crippen molar-refractivity contribution in [2.45, 2.75) is 12.3 Å². The molecule has 17 heavy (non-hydrogen) atoms. The molecule has 1 aliphatic heterocycles. The molecule has 0 amide bonds. The number of nitrogens with zero attached hydrogens (tertiary/aromatic N) is 1. The quantitative estimate of drug-likeness (QED) is 0.615. The summed E-state index contributed by atoms with van der Waals surface area (Å²) in [7, 11) is 1.39. The molecule has 0 radical (unpaired) electrons. The summed E-state index contributed by atoms with van der Waals surface area (Å²) >= 11 is 5.22. The molecule has 0 spiro atoms. The van der Waals surface area contributed by atoms with Gasteiger partial charge in [0.2, 0.25) is 0 Å². The summed E-state index contributed by atoms with van der Waals surface area (Å²) in [5.74, 6) is -0.305. The predicted octanol–water partition coefficient (Wildman–Crippen LogP) is 3.69. The van der Waals surface area contributed by atoms with Crippen LogP contribution in [0.15, 0.2) is 35.4 Å². The number of benzene rings is 1. The first kappa shape index (κ1) is 12.5. The SMILES string of the molecule is COC(=O)c1cccc(C2SC(C)=CN2Br)c1. The summed E-state index contributed by atoms with van der Waals surface area (Å²) in [5.41, 5.74) is 1.65. The molecule has 3 nitrogen and oxygen atoms in total. The molecule has 0 bridgehead atoms. The van der Waals surface area contributed by atoms with Gasteiger partial charge in [-0.1, -0.05) is 23.9 Å². The van der Waals surface area contributed by atoms with Gasteiger partial charge in [0, 0.05) is 11.1 Å². The van der Waals surface area contributed by atoms with Gasteiger partial charge in [0.15, 0.2) is 0 Å². The molecule has 1 atom stereocenters. The highest BCUT2D eigenvalue weighted by Crippen LogP contribution is 2.45. The Morgan fingerprint density at radius 3 is 2.88 bits per heavy atom. The van der Waals surface area contributed by atoms with Crippen LogP contribution >= 0.6 is 27.9 Å². The van der Waals surface area contributed by atoms with E-state index in [4.69, 9.17) is 4.74 Å². The van der Waals surface area contributed by atoms with Gasteiger partial charge in [-0.05, 0) is 24.6 Å². The molecular formula is C12H12BrNO2S. The first-order chi connectivity index (χ1) is 8.11. The molecule has 1 aromatic carbocycles. The molecule has 0 fully saturated rings. The first-order valence-electron chi connectivity index (χ1n) is 5.09. The van der Waals surface area contributed by atoms with E-state index in [0.717, 1.165) is 5.56 Å². The highest BCUT2D eigenvalue weighted by atomic mass is 79.9.